The molecular weight excluding hydrogens is 457 g/mol. The number of phenolic OH excluding ortho intramolecular Hbond substituents is 1. The van der Waals surface area contributed by atoms with E-state index in [-0.39, 0.29) is 23.2 Å². The summed E-state index contributed by atoms with van der Waals surface area (Å²) in [5, 5.41) is 23.8. The topological polar surface area (TPSA) is 92.9 Å². The van der Waals surface area contributed by atoms with Gasteiger partial charge < -0.3 is 10.0 Å². The zero-order valence-corrected chi connectivity index (χ0v) is 21.6. The number of alkyl halides is 1. The highest BCUT2D eigenvalue weighted by atomic mass is 19.1. The van der Waals surface area contributed by atoms with Crippen molar-refractivity contribution >= 4 is 5.82 Å². The van der Waals surface area contributed by atoms with Crippen molar-refractivity contribution in [2.75, 3.05) is 4.90 Å². The highest BCUT2D eigenvalue weighted by molar-refractivity contribution is 5.70. The molecule has 1 N–H and O–H groups in total. The summed E-state index contributed by atoms with van der Waals surface area (Å²) >= 11 is 0. The maximum absolute atomic E-state index is 16.3. The summed E-state index contributed by atoms with van der Waals surface area (Å²) in [6, 6.07) is 5.22. The predicted octanol–water partition coefficient (Wildman–Crippen LogP) is 5.34. The number of rotatable bonds is 6. The van der Waals surface area contributed by atoms with Gasteiger partial charge in [-0.15, -0.1) is 10.2 Å². The van der Waals surface area contributed by atoms with Crippen LogP contribution in [0.2, 0.25) is 0 Å². The molecule has 1 unspecified atom stereocenters. The van der Waals surface area contributed by atoms with Crippen LogP contribution in [-0.4, -0.2) is 53.3 Å². The van der Waals surface area contributed by atoms with Crippen molar-refractivity contribution < 1.29 is 9.50 Å². The van der Waals surface area contributed by atoms with Gasteiger partial charge in [-0.05, 0) is 50.2 Å². The lowest BCUT2D eigenvalue weighted by Gasteiger charge is -2.45. The summed E-state index contributed by atoms with van der Waals surface area (Å²) < 4.78 is 17.9. The number of halogens is 1. The molecule has 9 heteroatoms. The van der Waals surface area contributed by atoms with Gasteiger partial charge in [-0.25, -0.2) is 14.4 Å². The molecule has 3 aromatic rings. The Morgan fingerprint density at radius 1 is 1.17 bits per heavy atom. The molecule has 0 aliphatic heterocycles. The third kappa shape index (κ3) is 4.80. The van der Waals surface area contributed by atoms with Crippen molar-refractivity contribution in [3.63, 3.8) is 0 Å². The molecule has 4 atom stereocenters. The van der Waals surface area contributed by atoms with E-state index in [4.69, 9.17) is 0 Å². The van der Waals surface area contributed by atoms with Crippen molar-refractivity contribution in [3.8, 4) is 28.5 Å². The molecule has 36 heavy (non-hydrogen) atoms. The average molecular weight is 494 g/mol. The van der Waals surface area contributed by atoms with Gasteiger partial charge in [0.15, 0.2) is 17.5 Å². The fourth-order valence-corrected chi connectivity index (χ4v) is 5.56. The largest absolute Gasteiger partial charge is 0.507 e. The first-order valence-corrected chi connectivity index (χ1v) is 13.1. The zero-order chi connectivity index (χ0) is 25.4. The second-order valence-electron chi connectivity index (χ2n) is 11.0. The summed E-state index contributed by atoms with van der Waals surface area (Å²) in [5.41, 5.74) is 0.843. The smallest absolute Gasteiger partial charge is 0.185 e. The Kier molecular flexibility index (Phi) is 6.66. The number of benzene rings is 1. The highest BCUT2D eigenvalue weighted by Gasteiger charge is 2.46. The van der Waals surface area contributed by atoms with E-state index < -0.39 is 6.17 Å². The monoisotopic (exact) mass is 493 g/mol. The van der Waals surface area contributed by atoms with Crippen LogP contribution in [0.4, 0.5) is 10.2 Å². The molecule has 0 spiro atoms. The molecule has 2 aromatic heterocycles. The maximum Gasteiger partial charge on any atom is 0.185 e. The van der Waals surface area contributed by atoms with Gasteiger partial charge in [0, 0.05) is 24.1 Å². The number of hydrogen-bond donors (Lipinski definition) is 1. The number of aromatic nitrogens is 6. The third-order valence-electron chi connectivity index (χ3n) is 8.11. The molecule has 2 saturated carbocycles. The minimum atomic E-state index is -0.941. The average Bonchev–Trinajstić information content (AvgIpc) is 3.61. The first kappa shape index (κ1) is 24.6. The van der Waals surface area contributed by atoms with Crippen LogP contribution in [0.5, 0.6) is 5.75 Å². The molecule has 0 saturated heterocycles. The van der Waals surface area contributed by atoms with Gasteiger partial charge in [0.05, 0.1) is 17.8 Å². The van der Waals surface area contributed by atoms with Gasteiger partial charge in [0.1, 0.15) is 18.2 Å². The van der Waals surface area contributed by atoms with E-state index in [1.807, 2.05) is 6.07 Å². The van der Waals surface area contributed by atoms with E-state index in [1.165, 1.54) is 0 Å². The van der Waals surface area contributed by atoms with Crippen LogP contribution in [0.15, 0.2) is 30.7 Å². The van der Waals surface area contributed by atoms with Gasteiger partial charge in [0.2, 0.25) is 0 Å². The maximum atomic E-state index is 16.3. The van der Waals surface area contributed by atoms with Crippen LogP contribution in [0, 0.1) is 11.3 Å². The van der Waals surface area contributed by atoms with Crippen LogP contribution < -0.4 is 4.90 Å². The van der Waals surface area contributed by atoms with Crippen molar-refractivity contribution in [2.45, 2.75) is 84.0 Å². The van der Waals surface area contributed by atoms with E-state index in [2.05, 4.69) is 50.9 Å². The highest BCUT2D eigenvalue weighted by Crippen LogP contribution is 2.45. The molecule has 1 aromatic carbocycles. The summed E-state index contributed by atoms with van der Waals surface area (Å²) in [4.78, 5) is 10.9. The molecule has 192 valence electrons. The lowest BCUT2D eigenvalue weighted by atomic mass is 9.71. The Balaban J connectivity index is 1.43. The number of nitrogens with zero attached hydrogens (tertiary/aromatic N) is 7. The first-order valence-electron chi connectivity index (χ1n) is 13.1. The Morgan fingerprint density at radius 2 is 1.97 bits per heavy atom. The summed E-state index contributed by atoms with van der Waals surface area (Å²) in [7, 11) is 1.79. The molecule has 2 aliphatic carbocycles. The number of aryl methyl sites for hydroxylation is 1. The van der Waals surface area contributed by atoms with E-state index in [1.54, 1.807) is 36.4 Å². The minimum Gasteiger partial charge on any atom is -0.507 e. The third-order valence-corrected chi connectivity index (χ3v) is 8.11. The molecule has 5 rings (SSSR count). The van der Waals surface area contributed by atoms with Crippen molar-refractivity contribution in [2.24, 2.45) is 18.4 Å². The van der Waals surface area contributed by atoms with Gasteiger partial charge in [0.25, 0.3) is 0 Å². The lowest BCUT2D eigenvalue weighted by Crippen LogP contribution is -2.51. The molecular formula is C27H36FN7O. The minimum absolute atomic E-state index is 0.0323. The zero-order valence-electron chi connectivity index (χ0n) is 21.6. The second-order valence-corrected chi connectivity index (χ2v) is 11.0. The first-order chi connectivity index (χ1) is 17.3. The van der Waals surface area contributed by atoms with Crippen molar-refractivity contribution in [1.82, 2.24) is 29.9 Å². The van der Waals surface area contributed by atoms with E-state index in [0.29, 0.717) is 34.5 Å². The number of phenols is 1. The summed E-state index contributed by atoms with van der Waals surface area (Å²) in [6.45, 7) is 6.44. The Bertz CT molecular complexity index is 1200. The molecule has 8 nitrogen and oxygen atoms in total. The lowest BCUT2D eigenvalue weighted by molar-refractivity contribution is 0.0577. The quantitative estimate of drug-likeness (QED) is 0.495. The second kappa shape index (κ2) is 9.75. The molecule has 2 aliphatic rings. The number of anilines is 1. The molecule has 0 bridgehead atoms. The van der Waals surface area contributed by atoms with Crippen LogP contribution in [0.1, 0.15) is 65.7 Å². The van der Waals surface area contributed by atoms with Gasteiger partial charge in [-0.3, -0.25) is 4.68 Å². The Labute approximate surface area is 212 Å². The predicted molar refractivity (Wildman–Crippen MR) is 137 cm³/mol. The number of aromatic hydroxyl groups is 1. The van der Waals surface area contributed by atoms with Crippen LogP contribution >= 0.6 is 0 Å². The van der Waals surface area contributed by atoms with Gasteiger partial charge >= 0.3 is 0 Å². The van der Waals surface area contributed by atoms with Gasteiger partial charge in [-0.1, -0.05) is 39.7 Å². The van der Waals surface area contributed by atoms with E-state index in [9.17, 15) is 5.11 Å². The van der Waals surface area contributed by atoms with Crippen LogP contribution in [0.3, 0.4) is 0 Å². The standard InChI is InChI=1S/C27H36FN7O/c1-5-27(3)12-6-7-17(2)13-21(24(27)28)35(19-9-10-19)23-15-29-26(32-31-23)20-11-8-18(14-22(20)36)25-30-16-34(4)33-25/h8,11,14-17,19,21,24,36H,5-7,9-10,12-13H2,1-4H3/t17?,21-,24-,27+/m0/s1. The fraction of sp³-hybridized carbons (Fsp3) is 0.593. The van der Waals surface area contributed by atoms with E-state index in [0.717, 1.165) is 44.9 Å². The Hall–Kier alpha value is -3.10. The van der Waals surface area contributed by atoms with Crippen molar-refractivity contribution in [1.29, 1.82) is 0 Å². The SMILES string of the molecule is CC[C@]1(C)CCCC(C)C[C@H](N(c2cnc(-c3ccc(-c4ncn(C)n4)cc3O)nn2)C2CC2)[C@@H]1F. The molecule has 2 heterocycles. The number of hydrogen-bond acceptors (Lipinski definition) is 7. The van der Waals surface area contributed by atoms with Crippen molar-refractivity contribution in [3.05, 3.63) is 30.7 Å². The molecule has 0 radical (unpaired) electrons. The Morgan fingerprint density at radius 3 is 2.58 bits per heavy atom. The fourth-order valence-electron chi connectivity index (χ4n) is 5.56. The van der Waals surface area contributed by atoms with Crippen LogP contribution in [0.25, 0.3) is 22.8 Å². The summed E-state index contributed by atoms with van der Waals surface area (Å²) in [5.74, 6) is 1.97. The van der Waals surface area contributed by atoms with E-state index >= 15 is 4.39 Å². The molecule has 0 amide bonds. The van der Waals surface area contributed by atoms with Crippen LogP contribution in [-0.2, 0) is 7.05 Å². The van der Waals surface area contributed by atoms with Gasteiger partial charge in [-0.2, -0.15) is 5.10 Å². The summed E-state index contributed by atoms with van der Waals surface area (Å²) in [6.07, 6.45) is 9.18. The molecule has 2 fully saturated rings. The normalized spacial score (nSPS) is 26.9.